The molecule has 0 spiro atoms. The van der Waals surface area contributed by atoms with Gasteiger partial charge < -0.3 is 0 Å². The van der Waals surface area contributed by atoms with Crippen molar-refractivity contribution in [2.45, 2.75) is 0 Å². The Balaban J connectivity index is 0.960. The molecule has 0 fully saturated rings. The maximum atomic E-state index is 5.38. The van der Waals surface area contributed by atoms with Crippen LogP contribution in [0.4, 0.5) is 0 Å². The van der Waals surface area contributed by atoms with E-state index >= 15 is 0 Å². The van der Waals surface area contributed by atoms with Crippen molar-refractivity contribution < 1.29 is 0 Å². The first-order chi connectivity index (χ1) is 33.9. The summed E-state index contributed by atoms with van der Waals surface area (Å²) in [5.74, 6) is 0. The molecule has 9 heteroatoms. The molecule has 6 nitrogen and oxygen atoms in total. The summed E-state index contributed by atoms with van der Waals surface area (Å²) in [6.45, 7) is -2.22. The predicted octanol–water partition coefficient (Wildman–Crippen LogP) is 11.1. The molecule has 2 atom stereocenters. The number of hydrogen-bond donors (Lipinski definition) is 0. The van der Waals surface area contributed by atoms with E-state index in [9.17, 15) is 0 Å². The SMILES string of the molecule is C=P(c1ccccc1)(c1ccncc1)c1ccc(-c2ccc3nc4c5ccc6ccccc6c5c5ccc(-c6cnc7cc(P(=[Se])(c8ccccc8)c8ccncc8)ccc7c6)cc5n4c3c2)nc1. The molecule has 13 rings (SSSR count). The van der Waals surface area contributed by atoms with Crippen LogP contribution in [0.1, 0.15) is 0 Å². The third-order valence-electron chi connectivity index (χ3n) is 13.6. The Morgan fingerprint density at radius 1 is 0.420 bits per heavy atom. The van der Waals surface area contributed by atoms with E-state index in [1.54, 1.807) is 0 Å². The fourth-order valence-electron chi connectivity index (χ4n) is 10.1. The Bertz CT molecular complexity index is 4150. The van der Waals surface area contributed by atoms with Crippen LogP contribution >= 0.6 is 12.4 Å². The number of fused-ring (bicyclic) bond motifs is 11. The van der Waals surface area contributed by atoms with Crippen molar-refractivity contribution in [3.63, 3.8) is 0 Å². The first-order valence-corrected chi connectivity index (χ1v) is 28.8. The smallest absolute Gasteiger partial charge is 0.256 e. The molecule has 0 aliphatic rings. The number of pyridine rings is 5. The molecule has 0 N–H and O–H groups in total. The van der Waals surface area contributed by atoms with Crippen LogP contribution < -0.4 is 31.8 Å². The third kappa shape index (κ3) is 6.77. The topological polar surface area (TPSA) is 68.9 Å². The monoisotopic (exact) mass is 986 g/mol. The zero-order chi connectivity index (χ0) is 46.1. The molecule has 0 radical (unpaired) electrons. The summed E-state index contributed by atoms with van der Waals surface area (Å²) in [5.41, 5.74) is 6.84. The molecule has 6 aromatic heterocycles. The molecular weight excluding hydrogens is 946 g/mol. The fraction of sp³-hybridized carbons (Fsp3) is 0. The van der Waals surface area contributed by atoms with Crippen LogP contribution in [0.2, 0.25) is 0 Å². The Labute approximate surface area is 406 Å². The van der Waals surface area contributed by atoms with Crippen molar-refractivity contribution >= 4 is 126 Å². The van der Waals surface area contributed by atoms with Gasteiger partial charge in [0.25, 0.3) is 0 Å². The Kier molecular flexibility index (Phi) is 9.97. The van der Waals surface area contributed by atoms with Crippen LogP contribution in [0.15, 0.2) is 231 Å². The summed E-state index contributed by atoms with van der Waals surface area (Å²) in [6, 6.07) is 69.6. The van der Waals surface area contributed by atoms with Crippen molar-refractivity contribution in [1.29, 1.82) is 0 Å². The van der Waals surface area contributed by atoms with E-state index in [0.717, 1.165) is 76.9 Å². The third-order valence-corrected chi connectivity index (χ3v) is 24.2. The quantitative estimate of drug-likeness (QED) is 0.0862. The molecule has 326 valence electrons. The van der Waals surface area contributed by atoms with Crippen LogP contribution in [0, 0.1) is 0 Å². The fourth-order valence-corrected chi connectivity index (χ4v) is 17.8. The van der Waals surface area contributed by atoms with Gasteiger partial charge in [0, 0.05) is 34.8 Å². The van der Waals surface area contributed by atoms with E-state index in [1.807, 2.05) is 37.2 Å². The minimum Gasteiger partial charge on any atom is -0.256 e. The molecule has 0 aliphatic heterocycles. The molecule has 69 heavy (non-hydrogen) atoms. The number of rotatable bonds is 8. The molecule has 0 saturated heterocycles. The Hall–Kier alpha value is -7.62. The van der Waals surface area contributed by atoms with Gasteiger partial charge in [0.1, 0.15) is 0 Å². The summed E-state index contributed by atoms with van der Waals surface area (Å²) in [7, 11) is 0. The van der Waals surface area contributed by atoms with Gasteiger partial charge in [-0.05, 0) is 64.7 Å². The summed E-state index contributed by atoms with van der Waals surface area (Å²) < 4.78 is 2.35. The van der Waals surface area contributed by atoms with Gasteiger partial charge in [-0.2, -0.15) is 0 Å². The van der Waals surface area contributed by atoms with Gasteiger partial charge in [0.2, 0.25) is 0 Å². The standard InChI is InChI=1S/C60H40N6P2Se/c1-67(45-11-4-2-5-12-45,46-26-30-61-31-27-46)50-21-25-54(64-39-50)43-19-24-55-58(36-43)66-57-35-41(18-22-52(57)59-51-15-9-8-10-40(51)17-23-53(59)60(66)65-55)44-34-42-16-20-49(37-56(42)63-38-44)68(69,47-13-6-3-7-14-47)48-28-32-62-33-29-48/h2-39H,1H2. The number of benzene rings is 7. The average molecular weight is 986 g/mol. The van der Waals surface area contributed by atoms with Crippen molar-refractivity contribution in [3.8, 4) is 22.4 Å². The van der Waals surface area contributed by atoms with E-state index < -0.39 is 12.4 Å². The second-order valence-corrected chi connectivity index (χ2v) is 26.8. The van der Waals surface area contributed by atoms with Crippen LogP contribution in [0.3, 0.4) is 0 Å². The maximum absolute atomic E-state index is 5.38. The molecular formula is C60H40N6P2Se. The Morgan fingerprint density at radius 2 is 1.06 bits per heavy atom. The minimum absolute atomic E-state index is 0.886. The van der Waals surface area contributed by atoms with Gasteiger partial charge in [0.15, 0.2) is 0 Å². The first-order valence-electron chi connectivity index (χ1n) is 22.8. The summed E-state index contributed by atoms with van der Waals surface area (Å²) in [6.07, 6.45) is 16.4. The summed E-state index contributed by atoms with van der Waals surface area (Å²) >= 11 is 3.68. The second kappa shape index (κ2) is 16.6. The number of aromatic nitrogens is 6. The van der Waals surface area contributed by atoms with E-state index in [4.69, 9.17) is 21.3 Å². The van der Waals surface area contributed by atoms with Crippen molar-refractivity contribution in [3.05, 3.63) is 231 Å². The molecule has 13 aromatic rings. The van der Waals surface area contributed by atoms with Crippen LogP contribution in [-0.2, 0) is 0 Å². The molecule has 6 heterocycles. The van der Waals surface area contributed by atoms with E-state index in [-0.39, 0.29) is 0 Å². The summed E-state index contributed by atoms with van der Waals surface area (Å²) in [4.78, 5) is 24.3. The van der Waals surface area contributed by atoms with Crippen LogP contribution in [0.25, 0.3) is 82.4 Å². The first kappa shape index (κ1) is 41.6. The molecule has 0 saturated carbocycles. The number of nitrogens with zero attached hydrogens (tertiary/aromatic N) is 6. The van der Waals surface area contributed by atoms with Gasteiger partial charge >= 0.3 is 204 Å². The number of imidazole rings is 1. The zero-order valence-electron chi connectivity index (χ0n) is 37.1. The average Bonchev–Trinajstić information content (AvgIpc) is 3.82. The predicted molar refractivity (Wildman–Crippen MR) is 295 cm³/mol. The Morgan fingerprint density at radius 3 is 1.83 bits per heavy atom. The molecule has 2 unspecified atom stereocenters. The van der Waals surface area contributed by atoms with Gasteiger partial charge in [-0.3, -0.25) is 9.97 Å². The van der Waals surface area contributed by atoms with Gasteiger partial charge in [-0.1, -0.05) is 79.1 Å². The van der Waals surface area contributed by atoms with E-state index in [0.29, 0.717) is 0 Å². The van der Waals surface area contributed by atoms with Gasteiger partial charge in [-0.15, -0.1) is 0 Å². The van der Waals surface area contributed by atoms with Crippen molar-refractivity contribution in [1.82, 2.24) is 29.3 Å². The summed E-state index contributed by atoms with van der Waals surface area (Å²) in [5, 5.41) is 14.1. The van der Waals surface area contributed by atoms with Crippen LogP contribution in [-0.4, -0.2) is 50.7 Å². The minimum atomic E-state index is -2.22. The van der Waals surface area contributed by atoms with E-state index in [1.165, 1.54) is 37.4 Å². The van der Waals surface area contributed by atoms with Crippen LogP contribution in [0.5, 0.6) is 0 Å². The molecule has 0 aliphatic carbocycles. The second-order valence-electron chi connectivity index (χ2n) is 17.4. The normalized spacial score (nSPS) is 13.6. The molecule has 7 aromatic carbocycles. The van der Waals surface area contributed by atoms with E-state index in [2.05, 4.69) is 224 Å². The number of hydrogen-bond acceptors (Lipinski definition) is 5. The van der Waals surface area contributed by atoms with Crippen molar-refractivity contribution in [2.75, 3.05) is 0 Å². The van der Waals surface area contributed by atoms with Crippen molar-refractivity contribution in [2.24, 2.45) is 0 Å². The van der Waals surface area contributed by atoms with Gasteiger partial charge in [0.05, 0.1) is 11.2 Å². The zero-order valence-corrected chi connectivity index (χ0v) is 40.6. The molecule has 0 bridgehead atoms. The molecule has 0 amide bonds. The van der Waals surface area contributed by atoms with Gasteiger partial charge in [-0.25, -0.2) is 4.98 Å².